The van der Waals surface area contributed by atoms with Gasteiger partial charge in [-0.25, -0.2) is 8.42 Å². The summed E-state index contributed by atoms with van der Waals surface area (Å²) in [7, 11) is -1.84. The van der Waals surface area contributed by atoms with Gasteiger partial charge in [-0.05, 0) is 74.1 Å². The molecule has 0 fully saturated rings. The number of carbonyl (C=O) groups is 1. The number of likely N-dealkylation sites (N-methyl/N-ethyl adjacent to an activating group) is 1. The molecule has 0 bridgehead atoms. The van der Waals surface area contributed by atoms with Crippen LogP contribution in [0, 0.1) is 5.92 Å². The van der Waals surface area contributed by atoms with Gasteiger partial charge in [0, 0.05) is 31.2 Å². The van der Waals surface area contributed by atoms with Crippen LogP contribution in [0.5, 0.6) is 17.2 Å². The van der Waals surface area contributed by atoms with Gasteiger partial charge in [-0.2, -0.15) is 0 Å². The third kappa shape index (κ3) is 8.02. The summed E-state index contributed by atoms with van der Waals surface area (Å²) in [6, 6.07) is 29.9. The van der Waals surface area contributed by atoms with E-state index < -0.39 is 16.1 Å². The van der Waals surface area contributed by atoms with E-state index in [-0.39, 0.29) is 40.7 Å². The van der Waals surface area contributed by atoms with Crippen LogP contribution in [0.3, 0.4) is 0 Å². The molecule has 0 spiro atoms. The molecule has 2 N–H and O–H groups in total. The van der Waals surface area contributed by atoms with Gasteiger partial charge in [0.2, 0.25) is 0 Å². The lowest BCUT2D eigenvalue weighted by Crippen LogP contribution is -2.49. The molecule has 236 valence electrons. The molecule has 0 saturated heterocycles. The summed E-state index contributed by atoms with van der Waals surface area (Å²) >= 11 is 0. The number of rotatable bonds is 11. The summed E-state index contributed by atoms with van der Waals surface area (Å²) in [5.41, 5.74) is 1.59. The van der Waals surface area contributed by atoms with Crippen LogP contribution >= 0.6 is 0 Å². The van der Waals surface area contributed by atoms with Crippen LogP contribution in [0.4, 0.5) is 5.69 Å². The summed E-state index contributed by atoms with van der Waals surface area (Å²) in [5, 5.41) is 9.98. The van der Waals surface area contributed by atoms with Crippen molar-refractivity contribution < 1.29 is 27.8 Å². The smallest absolute Gasteiger partial charge is 0.261 e. The van der Waals surface area contributed by atoms with E-state index in [9.17, 15) is 18.3 Å². The fourth-order valence-corrected chi connectivity index (χ4v) is 6.36. The average Bonchev–Trinajstić information content (AvgIpc) is 3.04. The van der Waals surface area contributed by atoms with E-state index in [1.165, 1.54) is 18.2 Å². The Kier molecular flexibility index (Phi) is 10.1. The first-order valence-corrected chi connectivity index (χ1v) is 16.4. The molecule has 3 atom stereocenters. The number of benzene rings is 4. The summed E-state index contributed by atoms with van der Waals surface area (Å²) in [6.45, 7) is 5.22. The highest BCUT2D eigenvalue weighted by Crippen LogP contribution is 2.32. The van der Waals surface area contributed by atoms with Crippen molar-refractivity contribution in [1.82, 2.24) is 9.80 Å². The quantitative estimate of drug-likeness (QED) is 0.221. The van der Waals surface area contributed by atoms with Gasteiger partial charge >= 0.3 is 0 Å². The van der Waals surface area contributed by atoms with Crippen LogP contribution in [0.1, 0.15) is 29.8 Å². The van der Waals surface area contributed by atoms with Crippen LogP contribution in [-0.4, -0.2) is 68.1 Å². The minimum atomic E-state index is -3.86. The molecule has 45 heavy (non-hydrogen) atoms. The lowest BCUT2D eigenvalue weighted by atomic mass is 9.99. The number of nitrogens with zero attached hydrogens (tertiary/aromatic N) is 2. The van der Waals surface area contributed by atoms with Gasteiger partial charge in [0.05, 0.1) is 23.1 Å². The number of hydrogen-bond acceptors (Lipinski definition) is 7. The highest BCUT2D eigenvalue weighted by molar-refractivity contribution is 7.92. The SMILES string of the molecule is C[C@@H]1CN([C@H](C)CO)C(=O)c2cc(NS(=O)(=O)c3ccccc3)ccc2O[C@@H]1CN(C)Cc1ccc(Oc2ccccc2)cc1. The van der Waals surface area contributed by atoms with E-state index in [2.05, 4.69) is 9.62 Å². The summed E-state index contributed by atoms with van der Waals surface area (Å²) < 4.78 is 40.9. The number of aliphatic hydroxyl groups is 1. The van der Waals surface area contributed by atoms with Gasteiger partial charge in [0.1, 0.15) is 23.4 Å². The third-order valence-corrected chi connectivity index (χ3v) is 9.21. The lowest BCUT2D eigenvalue weighted by molar-refractivity contribution is 0.0341. The first kappa shape index (κ1) is 32.0. The standard InChI is InChI=1S/C35H39N3O6S/c1-25-21-38(26(2)24-39)35(40)32-20-28(36-45(41,42)31-12-8-5-9-13-31)16-19-33(32)44-34(25)23-37(3)22-27-14-17-30(18-15-27)43-29-10-6-4-7-11-29/h4-20,25-26,34,36,39H,21-24H2,1-3H3/t25-,26-,34-/m1/s1. The van der Waals surface area contributed by atoms with E-state index in [1.807, 2.05) is 68.6 Å². The number of para-hydroxylation sites is 1. The Morgan fingerprint density at radius 3 is 2.29 bits per heavy atom. The normalized spacial score (nSPS) is 17.5. The highest BCUT2D eigenvalue weighted by Gasteiger charge is 2.33. The maximum Gasteiger partial charge on any atom is 0.261 e. The second kappa shape index (κ2) is 14.2. The Labute approximate surface area is 265 Å². The zero-order valence-corrected chi connectivity index (χ0v) is 26.5. The molecule has 0 saturated carbocycles. The van der Waals surface area contributed by atoms with Crippen molar-refractivity contribution in [3.05, 3.63) is 114 Å². The molecule has 4 aromatic carbocycles. The molecule has 1 aliphatic rings. The van der Waals surface area contributed by atoms with Crippen molar-refractivity contribution in [2.45, 2.75) is 37.4 Å². The fourth-order valence-electron chi connectivity index (χ4n) is 5.29. The largest absolute Gasteiger partial charge is 0.488 e. The Morgan fingerprint density at radius 2 is 1.62 bits per heavy atom. The number of anilines is 1. The van der Waals surface area contributed by atoms with Gasteiger partial charge in [-0.1, -0.05) is 55.5 Å². The molecule has 1 aliphatic heterocycles. The molecule has 5 rings (SSSR count). The van der Waals surface area contributed by atoms with Crippen molar-refractivity contribution in [2.75, 3.05) is 31.5 Å². The minimum Gasteiger partial charge on any atom is -0.488 e. The predicted molar refractivity (Wildman–Crippen MR) is 174 cm³/mol. The number of hydrogen-bond donors (Lipinski definition) is 2. The van der Waals surface area contributed by atoms with Gasteiger partial charge in [-0.15, -0.1) is 0 Å². The summed E-state index contributed by atoms with van der Waals surface area (Å²) in [6.07, 6.45) is -0.289. The van der Waals surface area contributed by atoms with Crippen LogP contribution in [0.25, 0.3) is 0 Å². The second-order valence-corrected chi connectivity index (χ2v) is 13.2. The zero-order chi connectivity index (χ0) is 32.0. The molecule has 0 aliphatic carbocycles. The van der Waals surface area contributed by atoms with E-state index in [0.717, 1.165) is 17.1 Å². The van der Waals surface area contributed by atoms with E-state index in [0.29, 0.717) is 25.4 Å². The Hall–Kier alpha value is -4.38. The maximum atomic E-state index is 13.8. The average molecular weight is 630 g/mol. The van der Waals surface area contributed by atoms with Gasteiger partial charge in [0.15, 0.2) is 0 Å². The molecule has 4 aromatic rings. The number of fused-ring (bicyclic) bond motifs is 1. The maximum absolute atomic E-state index is 13.8. The van der Waals surface area contributed by atoms with Crippen molar-refractivity contribution >= 4 is 21.6 Å². The molecule has 1 heterocycles. The van der Waals surface area contributed by atoms with Gasteiger partial charge in [0.25, 0.3) is 15.9 Å². The zero-order valence-electron chi connectivity index (χ0n) is 25.7. The number of carbonyl (C=O) groups excluding carboxylic acids is 1. The molecule has 0 unspecified atom stereocenters. The first-order chi connectivity index (χ1) is 21.6. The molecule has 0 radical (unpaired) electrons. The number of nitrogens with one attached hydrogen (secondary N) is 1. The molecule has 1 amide bonds. The number of sulfonamides is 1. The lowest BCUT2D eigenvalue weighted by Gasteiger charge is -2.38. The van der Waals surface area contributed by atoms with E-state index in [1.54, 1.807) is 42.2 Å². The van der Waals surface area contributed by atoms with Crippen LogP contribution in [-0.2, 0) is 16.6 Å². The molecular formula is C35H39N3O6S. The molecule has 9 nitrogen and oxygen atoms in total. The number of amides is 1. The summed E-state index contributed by atoms with van der Waals surface area (Å²) in [4.78, 5) is 17.7. The fraction of sp³-hybridized carbons (Fsp3) is 0.286. The number of aliphatic hydroxyl groups excluding tert-OH is 1. The Bertz CT molecular complexity index is 1680. The van der Waals surface area contributed by atoms with Gasteiger partial charge in [-0.3, -0.25) is 14.4 Å². The Morgan fingerprint density at radius 1 is 0.978 bits per heavy atom. The molecule has 0 aromatic heterocycles. The van der Waals surface area contributed by atoms with E-state index >= 15 is 0 Å². The number of ether oxygens (including phenoxy) is 2. The van der Waals surface area contributed by atoms with E-state index in [4.69, 9.17) is 9.47 Å². The minimum absolute atomic E-state index is 0.0588. The molecular weight excluding hydrogens is 590 g/mol. The first-order valence-electron chi connectivity index (χ1n) is 14.9. The predicted octanol–water partition coefficient (Wildman–Crippen LogP) is 5.63. The third-order valence-electron chi connectivity index (χ3n) is 7.82. The molecule has 10 heteroatoms. The van der Waals surface area contributed by atoms with Crippen LogP contribution < -0.4 is 14.2 Å². The van der Waals surface area contributed by atoms with Crippen molar-refractivity contribution in [3.63, 3.8) is 0 Å². The highest BCUT2D eigenvalue weighted by atomic mass is 32.2. The van der Waals surface area contributed by atoms with Crippen molar-refractivity contribution in [2.24, 2.45) is 5.92 Å². The van der Waals surface area contributed by atoms with Crippen LogP contribution in [0.15, 0.2) is 108 Å². The summed E-state index contributed by atoms with van der Waals surface area (Å²) in [5.74, 6) is 1.52. The Balaban J connectivity index is 1.33. The topological polar surface area (TPSA) is 108 Å². The van der Waals surface area contributed by atoms with Crippen molar-refractivity contribution in [3.8, 4) is 17.2 Å². The van der Waals surface area contributed by atoms with Crippen LogP contribution in [0.2, 0.25) is 0 Å². The monoisotopic (exact) mass is 629 g/mol. The second-order valence-electron chi connectivity index (χ2n) is 11.5. The van der Waals surface area contributed by atoms with Gasteiger partial charge < -0.3 is 19.5 Å². The van der Waals surface area contributed by atoms with Crippen molar-refractivity contribution in [1.29, 1.82) is 0 Å².